The molecule has 5 rings (SSSR count). The summed E-state index contributed by atoms with van der Waals surface area (Å²) in [5.41, 5.74) is 8.12. The third-order valence-corrected chi connectivity index (χ3v) is 6.65. The van der Waals surface area contributed by atoms with Gasteiger partial charge in [-0.25, -0.2) is 0 Å². The lowest BCUT2D eigenvalue weighted by Crippen LogP contribution is -2.46. The standard InChI is InChI=1S/C25H25ClN2O4/c26-18-2-1-3-19(13-18)30-15-20-5-7-23(32-20)24(29)28-10-8-25(9-11-28)16-31-22-6-4-17(14-27)12-21(22)25/h1-7,12-13H,8-11,14-16,27H2. The van der Waals surface area contributed by atoms with Crippen molar-refractivity contribution < 1.29 is 18.7 Å². The Hall–Kier alpha value is -2.96. The minimum absolute atomic E-state index is 0.0452. The Bertz CT molecular complexity index is 1130. The largest absolute Gasteiger partial charge is 0.492 e. The smallest absolute Gasteiger partial charge is 0.289 e. The highest BCUT2D eigenvalue weighted by molar-refractivity contribution is 6.30. The maximum atomic E-state index is 13.0. The zero-order chi connectivity index (χ0) is 22.1. The summed E-state index contributed by atoms with van der Waals surface area (Å²) in [4.78, 5) is 14.9. The van der Waals surface area contributed by atoms with Gasteiger partial charge in [0.15, 0.2) is 5.76 Å². The van der Waals surface area contributed by atoms with Crippen molar-refractivity contribution in [3.63, 3.8) is 0 Å². The summed E-state index contributed by atoms with van der Waals surface area (Å²) < 4.78 is 17.4. The number of furan rings is 1. The van der Waals surface area contributed by atoms with Crippen LogP contribution in [-0.4, -0.2) is 30.5 Å². The number of piperidine rings is 1. The van der Waals surface area contributed by atoms with Crippen LogP contribution in [0, 0.1) is 0 Å². The van der Waals surface area contributed by atoms with Crippen molar-refractivity contribution in [3.8, 4) is 11.5 Å². The molecule has 7 heteroatoms. The molecule has 6 nitrogen and oxygen atoms in total. The first-order valence-electron chi connectivity index (χ1n) is 10.8. The molecule has 2 aromatic carbocycles. The quantitative estimate of drug-likeness (QED) is 0.615. The lowest BCUT2D eigenvalue weighted by Gasteiger charge is -2.38. The molecule has 1 saturated heterocycles. The number of benzene rings is 2. The SMILES string of the molecule is NCc1ccc2c(c1)C1(CCN(C(=O)c3ccc(COc4cccc(Cl)c4)o3)CC1)CO2. The van der Waals surface area contributed by atoms with Crippen molar-refractivity contribution in [2.24, 2.45) is 5.73 Å². The van der Waals surface area contributed by atoms with E-state index in [2.05, 4.69) is 6.07 Å². The minimum Gasteiger partial charge on any atom is -0.492 e. The molecule has 2 N–H and O–H groups in total. The average molecular weight is 453 g/mol. The van der Waals surface area contributed by atoms with Crippen LogP contribution in [0.15, 0.2) is 59.0 Å². The summed E-state index contributed by atoms with van der Waals surface area (Å²) in [6.45, 7) is 2.71. The number of rotatable bonds is 5. The average Bonchev–Trinajstić information content (AvgIpc) is 3.43. The van der Waals surface area contributed by atoms with Gasteiger partial charge < -0.3 is 24.5 Å². The summed E-state index contributed by atoms with van der Waals surface area (Å²) in [5, 5.41) is 0.607. The first-order valence-corrected chi connectivity index (χ1v) is 11.2. The molecule has 0 radical (unpaired) electrons. The van der Waals surface area contributed by atoms with Crippen LogP contribution in [0.3, 0.4) is 0 Å². The van der Waals surface area contributed by atoms with Crippen LogP contribution in [0.25, 0.3) is 0 Å². The van der Waals surface area contributed by atoms with Crippen LogP contribution in [0.5, 0.6) is 11.5 Å². The predicted molar refractivity (Wildman–Crippen MR) is 121 cm³/mol. The van der Waals surface area contributed by atoms with E-state index >= 15 is 0 Å². The van der Waals surface area contributed by atoms with Crippen molar-refractivity contribution in [2.45, 2.75) is 31.4 Å². The van der Waals surface area contributed by atoms with E-state index in [1.807, 2.05) is 29.2 Å². The molecule has 2 aliphatic heterocycles. The van der Waals surface area contributed by atoms with Crippen LogP contribution in [-0.2, 0) is 18.6 Å². The Morgan fingerprint density at radius 3 is 2.75 bits per heavy atom. The summed E-state index contributed by atoms with van der Waals surface area (Å²) in [7, 11) is 0. The summed E-state index contributed by atoms with van der Waals surface area (Å²) >= 11 is 5.98. The van der Waals surface area contributed by atoms with E-state index in [-0.39, 0.29) is 17.9 Å². The first-order chi connectivity index (χ1) is 15.6. The van der Waals surface area contributed by atoms with Crippen molar-refractivity contribution in [1.82, 2.24) is 4.90 Å². The van der Waals surface area contributed by atoms with E-state index in [1.54, 1.807) is 24.3 Å². The lowest BCUT2D eigenvalue weighted by molar-refractivity contribution is 0.0612. The van der Waals surface area contributed by atoms with Gasteiger partial charge in [0.1, 0.15) is 23.9 Å². The van der Waals surface area contributed by atoms with Gasteiger partial charge in [-0.1, -0.05) is 29.8 Å². The Morgan fingerprint density at radius 1 is 1.12 bits per heavy atom. The minimum atomic E-state index is -0.0938. The van der Waals surface area contributed by atoms with Gasteiger partial charge in [0.2, 0.25) is 0 Å². The fourth-order valence-corrected chi connectivity index (χ4v) is 4.71. The van der Waals surface area contributed by atoms with Crippen molar-refractivity contribution in [3.05, 3.63) is 82.3 Å². The van der Waals surface area contributed by atoms with Crippen molar-refractivity contribution in [1.29, 1.82) is 0 Å². The van der Waals surface area contributed by atoms with Crippen LogP contribution in [0.1, 0.15) is 40.3 Å². The van der Waals surface area contributed by atoms with Gasteiger partial charge in [-0.3, -0.25) is 4.79 Å². The molecule has 0 saturated carbocycles. The van der Waals surface area contributed by atoms with E-state index in [4.69, 9.17) is 31.2 Å². The summed E-state index contributed by atoms with van der Waals surface area (Å²) in [6.07, 6.45) is 1.70. The maximum absolute atomic E-state index is 13.0. The number of hydrogen-bond acceptors (Lipinski definition) is 5. The second-order valence-electron chi connectivity index (χ2n) is 8.41. The highest BCUT2D eigenvalue weighted by Gasteiger charge is 2.44. The third-order valence-electron chi connectivity index (χ3n) is 6.41. The molecule has 0 bridgehead atoms. The molecule has 2 aliphatic rings. The number of likely N-dealkylation sites (tertiary alicyclic amines) is 1. The fourth-order valence-electron chi connectivity index (χ4n) is 4.53. The highest BCUT2D eigenvalue weighted by atomic mass is 35.5. The van der Waals surface area contributed by atoms with E-state index in [0.717, 1.165) is 24.2 Å². The predicted octanol–water partition coefficient (Wildman–Crippen LogP) is 4.54. The van der Waals surface area contributed by atoms with Gasteiger partial charge in [0.05, 0.1) is 6.61 Å². The van der Waals surface area contributed by atoms with E-state index < -0.39 is 0 Å². The Balaban J connectivity index is 1.21. The number of nitrogens with two attached hydrogens (primary N) is 1. The molecule has 3 heterocycles. The normalized spacial score (nSPS) is 16.6. The molecule has 166 valence electrons. The Labute approximate surface area is 191 Å². The third kappa shape index (κ3) is 3.96. The van der Waals surface area contributed by atoms with Crippen molar-refractivity contribution in [2.75, 3.05) is 19.7 Å². The second kappa shape index (κ2) is 8.52. The first kappa shape index (κ1) is 20.9. The maximum Gasteiger partial charge on any atom is 0.289 e. The van der Waals surface area contributed by atoms with Crippen LogP contribution in [0.2, 0.25) is 5.02 Å². The number of amides is 1. The number of carbonyl (C=O) groups excluding carboxylic acids is 1. The van der Waals surface area contributed by atoms with Gasteiger partial charge in [-0.15, -0.1) is 0 Å². The lowest BCUT2D eigenvalue weighted by atomic mass is 9.74. The van der Waals surface area contributed by atoms with E-state index in [1.165, 1.54) is 5.56 Å². The number of fused-ring (bicyclic) bond motifs is 2. The zero-order valence-corrected chi connectivity index (χ0v) is 18.4. The second-order valence-corrected chi connectivity index (χ2v) is 8.84. The van der Waals surface area contributed by atoms with Gasteiger partial charge in [0, 0.05) is 35.6 Å². The van der Waals surface area contributed by atoms with Gasteiger partial charge in [-0.2, -0.15) is 0 Å². The molecule has 1 fully saturated rings. The van der Waals surface area contributed by atoms with E-state index in [0.29, 0.717) is 48.5 Å². The van der Waals surface area contributed by atoms with Crippen LogP contribution < -0.4 is 15.2 Å². The monoisotopic (exact) mass is 452 g/mol. The number of hydrogen-bond donors (Lipinski definition) is 1. The van der Waals surface area contributed by atoms with Gasteiger partial charge >= 0.3 is 0 Å². The number of nitrogens with zero attached hydrogens (tertiary/aromatic N) is 1. The summed E-state index contributed by atoms with van der Waals surface area (Å²) in [5.74, 6) is 2.43. The van der Waals surface area contributed by atoms with Crippen molar-refractivity contribution >= 4 is 17.5 Å². The van der Waals surface area contributed by atoms with Gasteiger partial charge in [0.25, 0.3) is 5.91 Å². The Morgan fingerprint density at radius 2 is 1.97 bits per heavy atom. The van der Waals surface area contributed by atoms with Gasteiger partial charge in [-0.05, 0) is 54.8 Å². The molecule has 0 atom stereocenters. The number of halogens is 1. The van der Waals surface area contributed by atoms with E-state index in [9.17, 15) is 4.79 Å². The molecule has 1 aromatic heterocycles. The highest BCUT2D eigenvalue weighted by Crippen LogP contribution is 2.46. The number of carbonyl (C=O) groups is 1. The molecule has 1 amide bonds. The molecule has 32 heavy (non-hydrogen) atoms. The number of ether oxygens (including phenoxy) is 2. The Kier molecular flexibility index (Phi) is 5.57. The molecule has 1 spiro atoms. The van der Waals surface area contributed by atoms with Crippen LogP contribution in [0.4, 0.5) is 0 Å². The fraction of sp³-hybridized carbons (Fsp3) is 0.320. The summed E-state index contributed by atoms with van der Waals surface area (Å²) in [6, 6.07) is 16.9. The molecule has 0 unspecified atom stereocenters. The molecule has 0 aliphatic carbocycles. The topological polar surface area (TPSA) is 77.9 Å². The molecule has 3 aromatic rings. The molecular weight excluding hydrogens is 428 g/mol. The van der Waals surface area contributed by atoms with Crippen LogP contribution >= 0.6 is 11.6 Å². The molecular formula is C25H25ClN2O4. The zero-order valence-electron chi connectivity index (χ0n) is 17.7.